The SMILES string of the molecule is C=CC(=O)N1CCN(S(=O)(=O)c2cc(F)ccc2OC)C(CC)C1. The van der Waals surface area contributed by atoms with Crippen molar-refractivity contribution >= 4 is 15.9 Å². The molecule has 1 aliphatic rings. The minimum Gasteiger partial charge on any atom is -0.495 e. The van der Waals surface area contributed by atoms with Crippen molar-refractivity contribution in [1.82, 2.24) is 9.21 Å². The van der Waals surface area contributed by atoms with Gasteiger partial charge in [0.05, 0.1) is 7.11 Å². The molecule has 1 saturated heterocycles. The molecule has 1 fully saturated rings. The number of benzene rings is 1. The summed E-state index contributed by atoms with van der Waals surface area (Å²) in [7, 11) is -2.60. The van der Waals surface area contributed by atoms with E-state index in [1.54, 1.807) is 4.90 Å². The molecule has 0 aliphatic carbocycles. The first kappa shape index (κ1) is 18.4. The average molecular weight is 356 g/mol. The predicted octanol–water partition coefficient (Wildman–Crippen LogP) is 1.63. The van der Waals surface area contributed by atoms with Gasteiger partial charge in [-0.2, -0.15) is 4.31 Å². The van der Waals surface area contributed by atoms with Crippen LogP contribution >= 0.6 is 0 Å². The maximum atomic E-state index is 13.6. The number of piperazine rings is 1. The molecule has 0 bridgehead atoms. The van der Waals surface area contributed by atoms with E-state index in [2.05, 4.69) is 6.58 Å². The van der Waals surface area contributed by atoms with Crippen LogP contribution in [0.3, 0.4) is 0 Å². The molecule has 0 N–H and O–H groups in total. The Kier molecular flexibility index (Phi) is 5.61. The van der Waals surface area contributed by atoms with Crippen molar-refractivity contribution in [3.8, 4) is 5.75 Å². The van der Waals surface area contributed by atoms with Crippen LogP contribution < -0.4 is 4.74 Å². The summed E-state index contributed by atoms with van der Waals surface area (Å²) >= 11 is 0. The number of sulfonamides is 1. The van der Waals surface area contributed by atoms with Gasteiger partial charge in [-0.1, -0.05) is 13.5 Å². The van der Waals surface area contributed by atoms with Gasteiger partial charge in [0.15, 0.2) is 0 Å². The van der Waals surface area contributed by atoms with Gasteiger partial charge in [-0.15, -0.1) is 0 Å². The van der Waals surface area contributed by atoms with Crippen molar-refractivity contribution in [3.63, 3.8) is 0 Å². The van der Waals surface area contributed by atoms with Crippen molar-refractivity contribution in [2.45, 2.75) is 24.3 Å². The van der Waals surface area contributed by atoms with Gasteiger partial charge in [-0.25, -0.2) is 12.8 Å². The number of hydrogen-bond donors (Lipinski definition) is 0. The maximum absolute atomic E-state index is 13.6. The second-order valence-corrected chi connectivity index (χ2v) is 7.32. The number of amides is 1. The minimum absolute atomic E-state index is 0.0934. The minimum atomic E-state index is -3.94. The molecule has 2 rings (SSSR count). The second kappa shape index (κ2) is 7.31. The summed E-state index contributed by atoms with van der Waals surface area (Å²) in [5.74, 6) is -0.785. The molecular weight excluding hydrogens is 335 g/mol. The molecule has 6 nitrogen and oxygen atoms in total. The van der Waals surface area contributed by atoms with Gasteiger partial charge in [-0.05, 0) is 30.7 Å². The zero-order valence-electron chi connectivity index (χ0n) is 13.7. The van der Waals surface area contributed by atoms with Crippen LogP contribution in [0.25, 0.3) is 0 Å². The molecule has 0 spiro atoms. The molecule has 1 heterocycles. The average Bonchev–Trinajstić information content (AvgIpc) is 2.60. The summed E-state index contributed by atoms with van der Waals surface area (Å²) in [5.41, 5.74) is 0. The van der Waals surface area contributed by atoms with Crippen LogP contribution in [-0.2, 0) is 14.8 Å². The third-order valence-corrected chi connectivity index (χ3v) is 6.07. The van der Waals surface area contributed by atoms with E-state index in [0.29, 0.717) is 6.42 Å². The highest BCUT2D eigenvalue weighted by Gasteiger charge is 2.37. The Morgan fingerprint density at radius 3 is 2.75 bits per heavy atom. The summed E-state index contributed by atoms with van der Waals surface area (Å²) in [6.45, 7) is 5.98. The van der Waals surface area contributed by atoms with E-state index in [0.717, 1.165) is 12.1 Å². The number of rotatable bonds is 5. The molecule has 8 heteroatoms. The Bertz CT molecular complexity index is 736. The maximum Gasteiger partial charge on any atom is 0.247 e. The lowest BCUT2D eigenvalue weighted by Crippen LogP contribution is -2.55. The molecule has 0 radical (unpaired) electrons. The van der Waals surface area contributed by atoms with E-state index >= 15 is 0 Å². The molecule has 1 atom stereocenters. The fourth-order valence-corrected chi connectivity index (χ4v) is 4.65. The van der Waals surface area contributed by atoms with Crippen molar-refractivity contribution in [2.75, 3.05) is 26.7 Å². The number of carbonyl (C=O) groups excluding carboxylic acids is 1. The monoisotopic (exact) mass is 356 g/mol. The number of methoxy groups -OCH3 is 1. The van der Waals surface area contributed by atoms with Crippen molar-refractivity contribution in [2.24, 2.45) is 0 Å². The first-order valence-electron chi connectivity index (χ1n) is 7.61. The van der Waals surface area contributed by atoms with Crippen LogP contribution in [0.2, 0.25) is 0 Å². The largest absolute Gasteiger partial charge is 0.495 e. The lowest BCUT2D eigenvalue weighted by molar-refractivity contribution is -0.128. The first-order chi connectivity index (χ1) is 11.3. The number of hydrogen-bond acceptors (Lipinski definition) is 4. The number of ether oxygens (including phenoxy) is 1. The summed E-state index contributed by atoms with van der Waals surface area (Å²) in [5, 5.41) is 0. The molecule has 0 saturated carbocycles. The highest BCUT2D eigenvalue weighted by atomic mass is 32.2. The predicted molar refractivity (Wildman–Crippen MR) is 87.7 cm³/mol. The highest BCUT2D eigenvalue weighted by Crippen LogP contribution is 2.30. The van der Waals surface area contributed by atoms with Gasteiger partial charge in [0.1, 0.15) is 16.5 Å². The molecule has 1 unspecified atom stereocenters. The van der Waals surface area contributed by atoms with Gasteiger partial charge in [0, 0.05) is 25.7 Å². The zero-order valence-corrected chi connectivity index (χ0v) is 14.6. The molecule has 1 aromatic carbocycles. The quantitative estimate of drug-likeness (QED) is 0.752. The van der Waals surface area contributed by atoms with Crippen molar-refractivity contribution in [3.05, 3.63) is 36.7 Å². The number of halogens is 1. The third-order valence-electron chi connectivity index (χ3n) is 4.10. The highest BCUT2D eigenvalue weighted by molar-refractivity contribution is 7.89. The van der Waals surface area contributed by atoms with Crippen molar-refractivity contribution < 1.29 is 22.3 Å². The van der Waals surface area contributed by atoms with Gasteiger partial charge in [0.2, 0.25) is 15.9 Å². The standard InChI is InChI=1S/C16H21FN2O4S/c1-4-13-11-18(16(20)5-2)8-9-19(13)24(21,22)15-10-12(17)6-7-14(15)23-3/h5-7,10,13H,2,4,8-9,11H2,1,3H3. The molecule has 1 aromatic rings. The fourth-order valence-electron chi connectivity index (χ4n) is 2.80. The lowest BCUT2D eigenvalue weighted by atomic mass is 10.1. The number of nitrogens with zero attached hydrogens (tertiary/aromatic N) is 2. The van der Waals surface area contributed by atoms with E-state index in [1.165, 1.54) is 23.6 Å². The van der Waals surface area contributed by atoms with Crippen LogP contribution in [0, 0.1) is 5.82 Å². The topological polar surface area (TPSA) is 66.9 Å². The van der Waals surface area contributed by atoms with E-state index < -0.39 is 15.8 Å². The lowest BCUT2D eigenvalue weighted by Gasteiger charge is -2.40. The summed E-state index contributed by atoms with van der Waals surface area (Å²) in [6.07, 6.45) is 1.74. The van der Waals surface area contributed by atoms with Gasteiger partial charge in [0.25, 0.3) is 0 Å². The molecule has 132 valence electrons. The normalized spacial score (nSPS) is 19.1. The number of carbonyl (C=O) groups is 1. The van der Waals surface area contributed by atoms with Gasteiger partial charge >= 0.3 is 0 Å². The summed E-state index contributed by atoms with van der Waals surface area (Å²) in [4.78, 5) is 13.1. The Balaban J connectivity index is 2.37. The van der Waals surface area contributed by atoms with E-state index in [4.69, 9.17) is 4.74 Å². The smallest absolute Gasteiger partial charge is 0.247 e. The van der Waals surface area contributed by atoms with Crippen LogP contribution in [0.1, 0.15) is 13.3 Å². The van der Waals surface area contributed by atoms with Crippen LogP contribution in [0.4, 0.5) is 4.39 Å². The molecule has 1 aliphatic heterocycles. The summed E-state index contributed by atoms with van der Waals surface area (Å²) in [6, 6.07) is 3.01. The zero-order chi connectivity index (χ0) is 17.9. The van der Waals surface area contributed by atoms with Crippen molar-refractivity contribution in [1.29, 1.82) is 0 Å². The first-order valence-corrected chi connectivity index (χ1v) is 9.05. The molecule has 24 heavy (non-hydrogen) atoms. The Labute approximate surface area is 141 Å². The van der Waals surface area contributed by atoms with E-state index in [1.807, 2.05) is 6.92 Å². The Hall–Kier alpha value is -1.93. The van der Waals surface area contributed by atoms with Crippen LogP contribution in [-0.4, -0.2) is 56.3 Å². The summed E-state index contributed by atoms with van der Waals surface area (Å²) < 4.78 is 45.9. The third kappa shape index (κ3) is 3.44. The Morgan fingerprint density at radius 1 is 1.46 bits per heavy atom. The van der Waals surface area contributed by atoms with Crippen LogP contribution in [0.15, 0.2) is 35.7 Å². The second-order valence-electron chi connectivity index (χ2n) is 5.46. The van der Waals surface area contributed by atoms with Gasteiger partial charge in [-0.3, -0.25) is 4.79 Å². The van der Waals surface area contributed by atoms with E-state index in [-0.39, 0.29) is 42.2 Å². The van der Waals surface area contributed by atoms with Gasteiger partial charge < -0.3 is 9.64 Å². The molecule has 0 aromatic heterocycles. The Morgan fingerprint density at radius 2 is 2.17 bits per heavy atom. The van der Waals surface area contributed by atoms with E-state index in [9.17, 15) is 17.6 Å². The molecular formula is C16H21FN2O4S. The van der Waals surface area contributed by atoms with Crippen LogP contribution in [0.5, 0.6) is 5.75 Å². The molecule has 1 amide bonds. The fraction of sp³-hybridized carbons (Fsp3) is 0.438.